The number of thiophene rings is 1. The van der Waals surface area contributed by atoms with Crippen molar-refractivity contribution in [2.75, 3.05) is 31.5 Å². The third-order valence-electron chi connectivity index (χ3n) is 5.02. The summed E-state index contributed by atoms with van der Waals surface area (Å²) in [6, 6.07) is 10.1. The van der Waals surface area contributed by atoms with Gasteiger partial charge in [0.25, 0.3) is 15.9 Å². The lowest BCUT2D eigenvalue weighted by atomic mass is 10.1. The minimum Gasteiger partial charge on any atom is -0.336 e. The van der Waals surface area contributed by atoms with Crippen molar-refractivity contribution in [2.24, 2.45) is 5.92 Å². The average molecular weight is 498 g/mol. The van der Waals surface area contributed by atoms with Crippen LogP contribution in [0.5, 0.6) is 0 Å². The highest BCUT2D eigenvalue weighted by Crippen LogP contribution is 2.30. The van der Waals surface area contributed by atoms with Crippen LogP contribution in [-0.2, 0) is 14.8 Å². The molecule has 2 aromatic rings. The first kappa shape index (κ1) is 20.5. The second-order valence-corrected chi connectivity index (χ2v) is 11.7. The van der Waals surface area contributed by atoms with Crippen molar-refractivity contribution < 1.29 is 18.0 Å². The Bertz CT molecular complexity index is 1020. The maximum atomic E-state index is 12.7. The Morgan fingerprint density at radius 2 is 1.66 bits per heavy atom. The molecule has 0 atom stereocenters. The van der Waals surface area contributed by atoms with Gasteiger partial charge in [-0.3, -0.25) is 9.59 Å². The third kappa shape index (κ3) is 4.55. The summed E-state index contributed by atoms with van der Waals surface area (Å²) in [7, 11) is -3.53. The molecule has 4 rings (SSSR count). The van der Waals surface area contributed by atoms with Crippen molar-refractivity contribution in [3.63, 3.8) is 0 Å². The van der Waals surface area contributed by atoms with Crippen LogP contribution in [0.1, 0.15) is 23.2 Å². The predicted octanol–water partition coefficient (Wildman–Crippen LogP) is 3.01. The van der Waals surface area contributed by atoms with E-state index in [4.69, 9.17) is 0 Å². The monoisotopic (exact) mass is 497 g/mol. The van der Waals surface area contributed by atoms with Crippen molar-refractivity contribution in [1.82, 2.24) is 9.21 Å². The molecule has 1 saturated heterocycles. The van der Waals surface area contributed by atoms with Crippen molar-refractivity contribution in [1.29, 1.82) is 0 Å². The molecule has 0 spiro atoms. The van der Waals surface area contributed by atoms with Gasteiger partial charge in [-0.1, -0.05) is 0 Å². The Kier molecular flexibility index (Phi) is 5.78. The Labute approximate surface area is 181 Å². The molecule has 7 nitrogen and oxygen atoms in total. The maximum absolute atomic E-state index is 12.7. The molecule has 0 radical (unpaired) electrons. The van der Waals surface area contributed by atoms with Crippen molar-refractivity contribution in [3.8, 4) is 0 Å². The van der Waals surface area contributed by atoms with Crippen LogP contribution >= 0.6 is 27.3 Å². The van der Waals surface area contributed by atoms with Crippen molar-refractivity contribution in [3.05, 3.63) is 45.7 Å². The Morgan fingerprint density at radius 3 is 2.21 bits per heavy atom. The second-order valence-electron chi connectivity index (χ2n) is 7.10. The molecule has 10 heteroatoms. The Morgan fingerprint density at radius 1 is 1.00 bits per heavy atom. The van der Waals surface area contributed by atoms with E-state index < -0.39 is 10.0 Å². The molecule has 1 aliphatic carbocycles. The molecule has 29 heavy (non-hydrogen) atoms. The molecule has 0 unspecified atom stereocenters. The van der Waals surface area contributed by atoms with Crippen LogP contribution in [0.3, 0.4) is 0 Å². The van der Waals surface area contributed by atoms with Gasteiger partial charge in [0.05, 0.1) is 3.79 Å². The van der Waals surface area contributed by atoms with Gasteiger partial charge in [-0.25, -0.2) is 8.42 Å². The lowest BCUT2D eigenvalue weighted by Crippen LogP contribution is -2.50. The van der Waals surface area contributed by atoms with Gasteiger partial charge in [-0.2, -0.15) is 4.31 Å². The Balaban J connectivity index is 1.35. The summed E-state index contributed by atoms with van der Waals surface area (Å²) in [6.07, 6.45) is 1.88. The molecule has 1 N–H and O–H groups in total. The number of rotatable bonds is 5. The number of piperazine rings is 1. The number of nitrogens with one attached hydrogen (secondary N) is 1. The van der Waals surface area contributed by atoms with E-state index in [0.717, 1.165) is 16.6 Å². The zero-order chi connectivity index (χ0) is 20.6. The average Bonchev–Trinajstić information content (AvgIpc) is 3.48. The lowest BCUT2D eigenvalue weighted by Gasteiger charge is -2.33. The SMILES string of the molecule is O=C(Nc1ccc(C(=O)N2CCN(S(=O)(=O)c3ccc(Br)s3)CC2)cc1)C1CC1. The smallest absolute Gasteiger partial charge is 0.253 e. The summed E-state index contributed by atoms with van der Waals surface area (Å²) in [5, 5.41) is 2.85. The topological polar surface area (TPSA) is 86.8 Å². The molecule has 1 saturated carbocycles. The predicted molar refractivity (Wildman–Crippen MR) is 114 cm³/mol. The van der Waals surface area contributed by atoms with Crippen LogP contribution in [0, 0.1) is 5.92 Å². The molecule has 2 fully saturated rings. The lowest BCUT2D eigenvalue weighted by molar-refractivity contribution is -0.117. The van der Waals surface area contributed by atoms with E-state index in [9.17, 15) is 18.0 Å². The van der Waals surface area contributed by atoms with Gasteiger partial charge >= 0.3 is 0 Å². The number of hydrogen-bond donors (Lipinski definition) is 1. The second kappa shape index (κ2) is 8.17. The number of carbonyl (C=O) groups excluding carboxylic acids is 2. The van der Waals surface area contributed by atoms with Gasteiger partial charge < -0.3 is 10.2 Å². The molecule has 1 aromatic carbocycles. The molecule has 2 amide bonds. The fourth-order valence-corrected chi connectivity index (χ4v) is 6.75. The summed E-state index contributed by atoms with van der Waals surface area (Å²) in [5.74, 6) is 0.0133. The highest BCUT2D eigenvalue weighted by molar-refractivity contribution is 9.11. The van der Waals surface area contributed by atoms with E-state index in [1.54, 1.807) is 41.3 Å². The zero-order valence-electron chi connectivity index (χ0n) is 15.5. The van der Waals surface area contributed by atoms with E-state index in [1.807, 2.05) is 0 Å². The highest BCUT2D eigenvalue weighted by atomic mass is 79.9. The number of sulfonamides is 1. The number of nitrogens with zero attached hydrogens (tertiary/aromatic N) is 2. The molecule has 1 aliphatic heterocycles. The summed E-state index contributed by atoms with van der Waals surface area (Å²) in [4.78, 5) is 26.2. The number of benzene rings is 1. The maximum Gasteiger partial charge on any atom is 0.253 e. The summed E-state index contributed by atoms with van der Waals surface area (Å²) in [6.45, 7) is 1.20. The first-order valence-corrected chi connectivity index (χ1v) is 12.4. The normalized spacial score (nSPS) is 17.9. The number of hydrogen-bond acceptors (Lipinski definition) is 5. The number of carbonyl (C=O) groups is 2. The molecule has 2 heterocycles. The van der Waals surface area contributed by atoms with Gasteiger partial charge in [-0.05, 0) is 65.2 Å². The summed E-state index contributed by atoms with van der Waals surface area (Å²) < 4.78 is 27.9. The molecule has 2 aliphatic rings. The first-order chi connectivity index (χ1) is 13.8. The quantitative estimate of drug-likeness (QED) is 0.687. The van der Waals surface area contributed by atoms with Crippen LogP contribution in [0.2, 0.25) is 0 Å². The highest BCUT2D eigenvalue weighted by Gasteiger charge is 2.32. The summed E-state index contributed by atoms with van der Waals surface area (Å²) >= 11 is 4.47. The van der Waals surface area contributed by atoms with Crippen LogP contribution in [0.25, 0.3) is 0 Å². The molecule has 154 valence electrons. The van der Waals surface area contributed by atoms with Crippen molar-refractivity contribution in [2.45, 2.75) is 17.1 Å². The van der Waals surface area contributed by atoms with Crippen molar-refractivity contribution >= 4 is 54.8 Å². The number of anilines is 1. The minimum atomic E-state index is -3.53. The van der Waals surface area contributed by atoms with Gasteiger partial charge in [0.1, 0.15) is 4.21 Å². The van der Waals surface area contributed by atoms with E-state index in [-0.39, 0.29) is 30.8 Å². The number of halogens is 1. The minimum absolute atomic E-state index is 0.0270. The van der Waals surface area contributed by atoms with E-state index >= 15 is 0 Å². The first-order valence-electron chi connectivity index (χ1n) is 9.30. The van der Waals surface area contributed by atoms with Gasteiger partial charge in [0.15, 0.2) is 0 Å². The van der Waals surface area contributed by atoms with E-state index in [2.05, 4.69) is 21.2 Å². The Hall–Kier alpha value is -1.75. The molecular formula is C19H20BrN3O4S2. The van der Waals surface area contributed by atoms with Crippen LogP contribution < -0.4 is 5.32 Å². The zero-order valence-corrected chi connectivity index (χ0v) is 18.7. The standard InChI is InChI=1S/C19H20BrN3O4S2/c20-16-7-8-17(28-16)29(26,27)23-11-9-22(10-12-23)19(25)14-3-5-15(6-4-14)21-18(24)13-1-2-13/h3-8,13H,1-2,9-12H2,(H,21,24). The van der Waals surface area contributed by atoms with Crippen LogP contribution in [0.15, 0.2) is 44.4 Å². The fourth-order valence-electron chi connectivity index (χ4n) is 3.16. The fraction of sp³-hybridized carbons (Fsp3) is 0.368. The van der Waals surface area contributed by atoms with Gasteiger partial charge in [-0.15, -0.1) is 11.3 Å². The van der Waals surface area contributed by atoms with E-state index in [1.165, 1.54) is 15.6 Å². The molecule has 1 aromatic heterocycles. The number of amides is 2. The summed E-state index contributed by atoms with van der Waals surface area (Å²) in [5.41, 5.74) is 1.20. The third-order valence-corrected chi connectivity index (χ3v) is 9.01. The van der Waals surface area contributed by atoms with Gasteiger partial charge in [0.2, 0.25) is 5.91 Å². The van der Waals surface area contributed by atoms with E-state index in [0.29, 0.717) is 28.5 Å². The largest absolute Gasteiger partial charge is 0.336 e. The van der Waals surface area contributed by atoms with Crippen LogP contribution in [-0.4, -0.2) is 55.6 Å². The molecular weight excluding hydrogens is 478 g/mol. The van der Waals surface area contributed by atoms with Crippen LogP contribution in [0.4, 0.5) is 5.69 Å². The van der Waals surface area contributed by atoms with Gasteiger partial charge in [0, 0.05) is 43.3 Å². The molecule has 0 bridgehead atoms.